The second-order valence-electron chi connectivity index (χ2n) is 11.4. The molecule has 9 aromatic rings. The Morgan fingerprint density at radius 3 is 1.42 bits per heavy atom. The predicted molar refractivity (Wildman–Crippen MR) is 183 cm³/mol. The molecule has 0 bridgehead atoms. The Bertz CT molecular complexity index is 2430. The zero-order valence-corrected chi connectivity index (χ0v) is 23.5. The summed E-state index contributed by atoms with van der Waals surface area (Å²) >= 11 is 0. The van der Waals surface area contributed by atoms with E-state index < -0.39 is 0 Å². The van der Waals surface area contributed by atoms with Crippen LogP contribution in [0.15, 0.2) is 164 Å². The number of benzene rings is 7. The zero-order chi connectivity index (χ0) is 28.3. The fraction of sp³-hybridized carbons (Fsp3) is 0. The Labute approximate surface area is 250 Å². The van der Waals surface area contributed by atoms with Crippen molar-refractivity contribution < 1.29 is 0 Å². The van der Waals surface area contributed by atoms with Crippen LogP contribution in [0.1, 0.15) is 0 Å². The van der Waals surface area contributed by atoms with Gasteiger partial charge < -0.3 is 4.40 Å². The first-order valence-corrected chi connectivity index (χ1v) is 14.9. The van der Waals surface area contributed by atoms with Crippen LogP contribution < -0.4 is 0 Å². The molecule has 0 fully saturated rings. The molecule has 0 atom stereocenters. The van der Waals surface area contributed by atoms with Gasteiger partial charge in [0.1, 0.15) is 0 Å². The number of para-hydroxylation sites is 2. The lowest BCUT2D eigenvalue weighted by atomic mass is 9.91. The monoisotopic (exact) mass is 545 g/mol. The summed E-state index contributed by atoms with van der Waals surface area (Å²) < 4.78 is 2.44. The van der Waals surface area contributed by atoms with Crippen LogP contribution >= 0.6 is 0 Å². The maximum Gasteiger partial charge on any atom is 0.0620 e. The lowest BCUT2D eigenvalue weighted by molar-refractivity contribution is 1.37. The third-order valence-electron chi connectivity index (χ3n) is 8.90. The molecule has 0 saturated carbocycles. The van der Waals surface area contributed by atoms with Crippen molar-refractivity contribution in [2.45, 2.75) is 0 Å². The third kappa shape index (κ3) is 3.79. The predicted octanol–water partition coefficient (Wildman–Crippen LogP) is 11.5. The van der Waals surface area contributed by atoms with E-state index in [2.05, 4.69) is 168 Å². The van der Waals surface area contributed by atoms with Crippen molar-refractivity contribution in [1.82, 2.24) is 4.40 Å². The first-order chi connectivity index (χ1) is 21.3. The highest BCUT2D eigenvalue weighted by Crippen LogP contribution is 2.41. The number of fused-ring (bicyclic) bond motifs is 6. The van der Waals surface area contributed by atoms with E-state index in [-0.39, 0.29) is 0 Å². The normalized spacial score (nSPS) is 11.7. The van der Waals surface area contributed by atoms with Gasteiger partial charge in [0, 0.05) is 21.5 Å². The van der Waals surface area contributed by atoms with Crippen LogP contribution in [0.4, 0.5) is 0 Å². The summed E-state index contributed by atoms with van der Waals surface area (Å²) in [5.74, 6) is 0. The minimum atomic E-state index is 1.22. The Morgan fingerprint density at radius 1 is 0.256 bits per heavy atom. The third-order valence-corrected chi connectivity index (χ3v) is 8.90. The van der Waals surface area contributed by atoms with Crippen LogP contribution in [0.2, 0.25) is 0 Å². The Morgan fingerprint density at radius 2 is 0.698 bits per heavy atom. The van der Waals surface area contributed by atoms with Crippen molar-refractivity contribution in [2.75, 3.05) is 0 Å². The lowest BCUT2D eigenvalue weighted by Gasteiger charge is -2.13. The molecule has 2 heterocycles. The maximum atomic E-state index is 2.44. The van der Waals surface area contributed by atoms with Gasteiger partial charge in [-0.3, -0.25) is 0 Å². The largest absolute Gasteiger partial charge is 0.308 e. The minimum Gasteiger partial charge on any atom is -0.308 e. The van der Waals surface area contributed by atoms with Crippen LogP contribution in [-0.4, -0.2) is 4.40 Å². The number of rotatable bonds is 4. The number of aromatic nitrogens is 1. The van der Waals surface area contributed by atoms with E-state index >= 15 is 0 Å². The van der Waals surface area contributed by atoms with E-state index in [1.165, 1.54) is 82.6 Å². The summed E-state index contributed by atoms with van der Waals surface area (Å²) in [7, 11) is 0. The van der Waals surface area contributed by atoms with E-state index in [1.807, 2.05) is 0 Å². The van der Waals surface area contributed by atoms with Gasteiger partial charge in [-0.05, 0) is 87.0 Å². The van der Waals surface area contributed by atoms with Crippen molar-refractivity contribution in [3.05, 3.63) is 164 Å². The van der Waals surface area contributed by atoms with Crippen LogP contribution in [0.25, 0.3) is 82.6 Å². The first-order valence-electron chi connectivity index (χ1n) is 14.9. The second-order valence-corrected chi connectivity index (χ2v) is 11.4. The molecule has 2 aromatic heterocycles. The second kappa shape index (κ2) is 9.44. The van der Waals surface area contributed by atoms with E-state index in [1.54, 1.807) is 0 Å². The van der Waals surface area contributed by atoms with Crippen LogP contribution in [0.5, 0.6) is 0 Å². The molecule has 0 spiro atoms. The number of hydrogen-bond donors (Lipinski definition) is 0. The smallest absolute Gasteiger partial charge is 0.0620 e. The lowest BCUT2D eigenvalue weighted by Crippen LogP contribution is -1.87. The molecule has 0 saturated heterocycles. The van der Waals surface area contributed by atoms with Gasteiger partial charge in [-0.15, -0.1) is 0 Å². The zero-order valence-electron chi connectivity index (χ0n) is 23.5. The van der Waals surface area contributed by atoms with Gasteiger partial charge in [-0.2, -0.15) is 0 Å². The van der Waals surface area contributed by atoms with Crippen molar-refractivity contribution in [1.29, 1.82) is 0 Å². The van der Waals surface area contributed by atoms with E-state index in [4.69, 9.17) is 0 Å². The molecule has 0 aliphatic heterocycles. The fourth-order valence-electron chi connectivity index (χ4n) is 6.88. The summed E-state index contributed by atoms with van der Waals surface area (Å²) in [6, 6.07) is 59.7. The Kier molecular flexibility index (Phi) is 5.27. The molecule has 1 heteroatoms. The van der Waals surface area contributed by atoms with E-state index in [9.17, 15) is 0 Å². The van der Waals surface area contributed by atoms with Crippen LogP contribution in [0, 0.1) is 0 Å². The summed E-state index contributed by atoms with van der Waals surface area (Å²) in [5.41, 5.74) is 13.6. The van der Waals surface area contributed by atoms with E-state index in [0.717, 1.165) is 0 Å². The van der Waals surface area contributed by atoms with Crippen molar-refractivity contribution in [2.24, 2.45) is 0 Å². The molecular formula is C42H27N. The number of hydrogen-bond acceptors (Lipinski definition) is 0. The van der Waals surface area contributed by atoms with Gasteiger partial charge in [0.15, 0.2) is 0 Å². The fourth-order valence-corrected chi connectivity index (χ4v) is 6.88. The van der Waals surface area contributed by atoms with Crippen LogP contribution in [0.3, 0.4) is 0 Å². The highest BCUT2D eigenvalue weighted by atomic mass is 14.9. The summed E-state index contributed by atoms with van der Waals surface area (Å²) in [6.45, 7) is 0. The molecule has 0 aliphatic carbocycles. The van der Waals surface area contributed by atoms with Gasteiger partial charge >= 0.3 is 0 Å². The average Bonchev–Trinajstić information content (AvgIpc) is 3.61. The molecule has 0 aliphatic rings. The molecule has 0 amide bonds. The SMILES string of the molecule is c1ccc(-c2cccc(-c3cc(-c4ccccc4)cc(-c4ccc5c(c4)c4cccc6c7ccccc7n5c64)c3)c2)cc1. The van der Waals surface area contributed by atoms with Gasteiger partial charge in [-0.25, -0.2) is 0 Å². The molecule has 7 aromatic carbocycles. The molecule has 1 nitrogen and oxygen atoms in total. The van der Waals surface area contributed by atoms with Crippen molar-refractivity contribution in [3.63, 3.8) is 0 Å². The first kappa shape index (κ1) is 24.0. The average molecular weight is 546 g/mol. The van der Waals surface area contributed by atoms with Gasteiger partial charge in [0.05, 0.1) is 16.6 Å². The Hall–Kier alpha value is -5.66. The van der Waals surface area contributed by atoms with E-state index in [0.29, 0.717) is 0 Å². The standard InChI is InChI=1S/C42H27N/c1-3-11-28(12-4-1)30-15-9-16-31(23-30)34-24-33(29-13-5-2-6-14-29)25-35(26-34)32-21-22-41-39(27-32)38-19-10-18-37-36-17-7-8-20-40(36)43(41)42(37)38/h1-27H. The highest BCUT2D eigenvalue weighted by Gasteiger charge is 2.17. The molecule has 43 heavy (non-hydrogen) atoms. The van der Waals surface area contributed by atoms with Gasteiger partial charge in [0.25, 0.3) is 0 Å². The summed E-state index contributed by atoms with van der Waals surface area (Å²) in [4.78, 5) is 0. The number of nitrogens with zero attached hydrogens (tertiary/aromatic N) is 1. The molecular weight excluding hydrogens is 518 g/mol. The highest BCUT2D eigenvalue weighted by molar-refractivity contribution is 6.23. The molecule has 9 rings (SSSR count). The van der Waals surface area contributed by atoms with Gasteiger partial charge in [-0.1, -0.05) is 121 Å². The van der Waals surface area contributed by atoms with Crippen molar-refractivity contribution in [3.8, 4) is 44.5 Å². The minimum absolute atomic E-state index is 1.22. The molecule has 0 N–H and O–H groups in total. The summed E-state index contributed by atoms with van der Waals surface area (Å²) in [5, 5.41) is 5.23. The maximum absolute atomic E-state index is 2.44. The quantitative estimate of drug-likeness (QED) is 0.207. The molecule has 0 radical (unpaired) electrons. The molecule has 0 unspecified atom stereocenters. The van der Waals surface area contributed by atoms with Crippen LogP contribution in [-0.2, 0) is 0 Å². The van der Waals surface area contributed by atoms with Gasteiger partial charge in [0.2, 0.25) is 0 Å². The summed E-state index contributed by atoms with van der Waals surface area (Å²) in [6.07, 6.45) is 0. The molecule has 200 valence electrons. The Balaban J connectivity index is 1.26. The van der Waals surface area contributed by atoms with Crippen molar-refractivity contribution >= 4 is 38.1 Å². The topological polar surface area (TPSA) is 4.41 Å².